The van der Waals surface area contributed by atoms with Crippen LogP contribution < -0.4 is 0 Å². The molecule has 2 atom stereocenters. The van der Waals surface area contributed by atoms with Gasteiger partial charge in [-0.2, -0.15) is 5.10 Å². The predicted molar refractivity (Wildman–Crippen MR) is 38.3 cm³/mol. The largest absolute Gasteiger partial charge is 0.504 e. The maximum absolute atomic E-state index is 9.22. The van der Waals surface area contributed by atoms with E-state index in [0.29, 0.717) is 0 Å². The van der Waals surface area contributed by atoms with Crippen LogP contribution in [0.25, 0.3) is 0 Å². The number of aromatic amines is 1. The Balaban J connectivity index is 2.77. The highest BCUT2D eigenvalue weighted by Crippen LogP contribution is 2.22. The SMILES string of the molecule is OC[C@@H](O)[C@@H](O)c1[nH]ncc1O. The summed E-state index contributed by atoms with van der Waals surface area (Å²) in [6.45, 7) is -0.584. The fourth-order valence-corrected chi connectivity index (χ4v) is 0.800. The second kappa shape index (κ2) is 3.53. The number of hydrogen-bond donors (Lipinski definition) is 5. The van der Waals surface area contributed by atoms with Crippen LogP contribution in [0.3, 0.4) is 0 Å². The number of aromatic hydroxyl groups is 1. The van der Waals surface area contributed by atoms with Gasteiger partial charge in [0.25, 0.3) is 0 Å². The first-order valence-corrected chi connectivity index (χ1v) is 3.36. The Labute approximate surface area is 68.1 Å². The summed E-state index contributed by atoms with van der Waals surface area (Å²) in [5, 5.41) is 41.4. The molecule has 1 aromatic rings. The third-order valence-corrected chi connectivity index (χ3v) is 1.50. The van der Waals surface area contributed by atoms with Gasteiger partial charge in [-0.05, 0) is 0 Å². The molecular weight excluding hydrogens is 164 g/mol. The molecular formula is C6H10N2O4. The molecule has 0 aliphatic carbocycles. The smallest absolute Gasteiger partial charge is 0.159 e. The summed E-state index contributed by atoms with van der Waals surface area (Å²) in [7, 11) is 0. The van der Waals surface area contributed by atoms with Crippen LogP contribution in [0, 0.1) is 0 Å². The van der Waals surface area contributed by atoms with Gasteiger partial charge in [-0.15, -0.1) is 0 Å². The van der Waals surface area contributed by atoms with Crippen molar-refractivity contribution >= 4 is 0 Å². The summed E-state index contributed by atoms with van der Waals surface area (Å²) in [5.74, 6) is -0.241. The minimum atomic E-state index is -1.35. The molecule has 0 saturated heterocycles. The molecule has 1 aromatic heterocycles. The Morgan fingerprint density at radius 3 is 2.58 bits per heavy atom. The molecule has 0 aliphatic heterocycles. The third-order valence-electron chi connectivity index (χ3n) is 1.50. The minimum absolute atomic E-state index is 0.00319. The van der Waals surface area contributed by atoms with Crippen LogP contribution in [0.2, 0.25) is 0 Å². The zero-order valence-electron chi connectivity index (χ0n) is 6.18. The number of aromatic nitrogens is 2. The van der Waals surface area contributed by atoms with Gasteiger partial charge in [0.05, 0.1) is 12.8 Å². The monoisotopic (exact) mass is 174 g/mol. The zero-order valence-corrected chi connectivity index (χ0v) is 6.18. The minimum Gasteiger partial charge on any atom is -0.504 e. The lowest BCUT2D eigenvalue weighted by molar-refractivity contribution is -0.0182. The number of H-pyrrole nitrogens is 1. The Bertz CT molecular complexity index is 249. The van der Waals surface area contributed by atoms with E-state index in [4.69, 9.17) is 15.3 Å². The first-order valence-electron chi connectivity index (χ1n) is 3.36. The van der Waals surface area contributed by atoms with Crippen molar-refractivity contribution in [3.63, 3.8) is 0 Å². The van der Waals surface area contributed by atoms with Crippen molar-refractivity contribution in [2.75, 3.05) is 6.61 Å². The lowest BCUT2D eigenvalue weighted by Gasteiger charge is -2.13. The van der Waals surface area contributed by atoms with Crippen LogP contribution in [-0.2, 0) is 0 Å². The van der Waals surface area contributed by atoms with E-state index in [1.165, 1.54) is 0 Å². The summed E-state index contributed by atoms with van der Waals surface area (Å²) >= 11 is 0. The third kappa shape index (κ3) is 1.55. The van der Waals surface area contributed by atoms with Gasteiger partial charge in [0.1, 0.15) is 17.9 Å². The molecule has 5 N–H and O–H groups in total. The standard InChI is InChI=1S/C6H10N2O4/c9-2-4(11)6(12)5-3(10)1-7-8-5/h1,4,6,9-12H,2H2,(H,7,8)/t4-,6-/m1/s1. The fourth-order valence-electron chi connectivity index (χ4n) is 0.800. The van der Waals surface area contributed by atoms with Gasteiger partial charge in [0, 0.05) is 0 Å². The molecule has 6 nitrogen and oxygen atoms in total. The van der Waals surface area contributed by atoms with Crippen molar-refractivity contribution < 1.29 is 20.4 Å². The number of hydrogen-bond acceptors (Lipinski definition) is 5. The van der Waals surface area contributed by atoms with Gasteiger partial charge in [0.15, 0.2) is 5.75 Å². The second-order valence-electron chi connectivity index (χ2n) is 2.36. The molecule has 6 heteroatoms. The summed E-state index contributed by atoms with van der Waals surface area (Å²) in [6, 6.07) is 0. The molecule has 0 aliphatic rings. The molecule has 0 bridgehead atoms. The molecule has 0 aromatic carbocycles. The summed E-state index contributed by atoms with van der Waals surface area (Å²) in [4.78, 5) is 0. The highest BCUT2D eigenvalue weighted by atomic mass is 16.4. The highest BCUT2D eigenvalue weighted by molar-refractivity contribution is 5.24. The van der Waals surface area contributed by atoms with E-state index in [9.17, 15) is 5.11 Å². The molecule has 0 amide bonds. The quantitative estimate of drug-likeness (QED) is 0.383. The molecule has 1 rings (SSSR count). The topological polar surface area (TPSA) is 110 Å². The van der Waals surface area contributed by atoms with Gasteiger partial charge in [-0.3, -0.25) is 5.10 Å². The number of nitrogens with zero attached hydrogens (tertiary/aromatic N) is 1. The van der Waals surface area contributed by atoms with Crippen LogP contribution in [0.1, 0.15) is 11.8 Å². The van der Waals surface area contributed by atoms with E-state index in [1.54, 1.807) is 0 Å². The Kier molecular flexibility index (Phi) is 2.64. The van der Waals surface area contributed by atoms with Gasteiger partial charge in [0.2, 0.25) is 0 Å². The molecule has 68 valence electrons. The van der Waals surface area contributed by atoms with Crippen molar-refractivity contribution in [2.24, 2.45) is 0 Å². The van der Waals surface area contributed by atoms with E-state index in [2.05, 4.69) is 10.2 Å². The van der Waals surface area contributed by atoms with Crippen molar-refractivity contribution in [1.29, 1.82) is 0 Å². The number of rotatable bonds is 3. The maximum atomic E-state index is 9.22. The lowest BCUT2D eigenvalue weighted by Crippen LogP contribution is -2.22. The van der Waals surface area contributed by atoms with Crippen LogP contribution in [0.15, 0.2) is 6.20 Å². The molecule has 1 heterocycles. The average Bonchev–Trinajstić information content (AvgIpc) is 2.48. The predicted octanol–water partition coefficient (Wildman–Crippen LogP) is -1.50. The van der Waals surface area contributed by atoms with Crippen LogP contribution >= 0.6 is 0 Å². The highest BCUT2D eigenvalue weighted by Gasteiger charge is 2.21. The van der Waals surface area contributed by atoms with E-state index in [1.807, 2.05) is 0 Å². The van der Waals surface area contributed by atoms with Crippen molar-refractivity contribution in [3.8, 4) is 5.75 Å². The van der Waals surface area contributed by atoms with E-state index in [0.717, 1.165) is 6.20 Å². The first kappa shape index (κ1) is 8.98. The van der Waals surface area contributed by atoms with E-state index < -0.39 is 18.8 Å². The van der Waals surface area contributed by atoms with Gasteiger partial charge in [-0.25, -0.2) is 0 Å². The molecule has 0 saturated carbocycles. The Hall–Kier alpha value is -1.11. The summed E-state index contributed by atoms with van der Waals surface area (Å²) in [5.41, 5.74) is -0.00319. The van der Waals surface area contributed by atoms with E-state index >= 15 is 0 Å². The maximum Gasteiger partial charge on any atom is 0.159 e. The number of aliphatic hydroxyl groups is 3. The molecule has 0 fully saturated rings. The van der Waals surface area contributed by atoms with Crippen molar-refractivity contribution in [3.05, 3.63) is 11.9 Å². The molecule has 0 unspecified atom stereocenters. The molecule has 0 radical (unpaired) electrons. The molecule has 12 heavy (non-hydrogen) atoms. The first-order chi connectivity index (χ1) is 5.66. The number of aliphatic hydroxyl groups excluding tert-OH is 3. The normalized spacial score (nSPS) is 15.9. The van der Waals surface area contributed by atoms with Gasteiger partial charge >= 0.3 is 0 Å². The Morgan fingerprint density at radius 1 is 1.50 bits per heavy atom. The second-order valence-corrected chi connectivity index (χ2v) is 2.36. The van der Waals surface area contributed by atoms with Gasteiger partial charge in [-0.1, -0.05) is 0 Å². The van der Waals surface area contributed by atoms with Crippen molar-refractivity contribution in [1.82, 2.24) is 10.2 Å². The molecule has 0 spiro atoms. The average molecular weight is 174 g/mol. The van der Waals surface area contributed by atoms with Gasteiger partial charge < -0.3 is 20.4 Å². The summed E-state index contributed by atoms with van der Waals surface area (Å²) < 4.78 is 0. The summed E-state index contributed by atoms with van der Waals surface area (Å²) in [6.07, 6.45) is -1.57. The van der Waals surface area contributed by atoms with Crippen molar-refractivity contribution in [2.45, 2.75) is 12.2 Å². The number of nitrogens with one attached hydrogen (secondary N) is 1. The fraction of sp³-hybridized carbons (Fsp3) is 0.500. The lowest BCUT2D eigenvalue weighted by atomic mass is 10.1. The van der Waals surface area contributed by atoms with Crippen LogP contribution in [-0.4, -0.2) is 43.3 Å². The zero-order chi connectivity index (χ0) is 9.14. The van der Waals surface area contributed by atoms with Crippen LogP contribution in [0.5, 0.6) is 5.75 Å². The van der Waals surface area contributed by atoms with E-state index in [-0.39, 0.29) is 11.4 Å². The van der Waals surface area contributed by atoms with Crippen LogP contribution in [0.4, 0.5) is 0 Å². The Morgan fingerprint density at radius 2 is 2.17 bits per heavy atom.